The summed E-state index contributed by atoms with van der Waals surface area (Å²) in [5.74, 6) is 1.20. The highest BCUT2D eigenvalue weighted by Gasteiger charge is 2.20. The Morgan fingerprint density at radius 3 is 3.00 bits per heavy atom. The number of aromatic nitrogens is 3. The molecule has 1 unspecified atom stereocenters. The second kappa shape index (κ2) is 8.00. The minimum absolute atomic E-state index is 0.657. The van der Waals surface area contributed by atoms with Gasteiger partial charge in [-0.3, -0.25) is 4.68 Å². The minimum atomic E-state index is 0.657. The van der Waals surface area contributed by atoms with Crippen LogP contribution in [0.5, 0.6) is 0 Å². The van der Waals surface area contributed by atoms with Crippen LogP contribution >= 0.6 is 11.8 Å². The van der Waals surface area contributed by atoms with Crippen molar-refractivity contribution in [3.8, 4) is 0 Å². The molecule has 0 saturated heterocycles. The molecule has 1 aliphatic carbocycles. The molecule has 1 aromatic rings. The van der Waals surface area contributed by atoms with Crippen molar-refractivity contribution in [2.24, 2.45) is 0 Å². The van der Waals surface area contributed by atoms with Crippen molar-refractivity contribution in [1.29, 1.82) is 0 Å². The first-order valence-corrected chi connectivity index (χ1v) is 8.94. The monoisotopic (exact) mass is 297 g/mol. The van der Waals surface area contributed by atoms with E-state index in [4.69, 9.17) is 0 Å². The van der Waals surface area contributed by atoms with Crippen LogP contribution in [0.15, 0.2) is 6.20 Å². The van der Waals surface area contributed by atoms with Crippen molar-refractivity contribution in [3.63, 3.8) is 0 Å². The second-order valence-electron chi connectivity index (χ2n) is 5.63. The minimum Gasteiger partial charge on any atom is -0.308 e. The van der Waals surface area contributed by atoms with E-state index in [1.807, 2.05) is 16.4 Å². The standard InChI is InChI=1S/C14H27N5S/c1-4-14(11-20-3)18(2)7-8-19-10-13(16-17-19)9-15-12-5-6-12/h10,12,14-15H,4-9,11H2,1-3H3. The summed E-state index contributed by atoms with van der Waals surface area (Å²) in [6, 6.07) is 1.38. The first-order valence-electron chi connectivity index (χ1n) is 7.54. The summed E-state index contributed by atoms with van der Waals surface area (Å²) in [6.45, 7) is 5.05. The molecule has 1 atom stereocenters. The first-order chi connectivity index (χ1) is 9.72. The van der Waals surface area contributed by atoms with E-state index in [0.717, 1.165) is 31.4 Å². The number of hydrogen-bond donors (Lipinski definition) is 1. The molecule has 1 N–H and O–H groups in total. The molecular formula is C14H27N5S. The number of hydrogen-bond acceptors (Lipinski definition) is 5. The van der Waals surface area contributed by atoms with Gasteiger partial charge in [0, 0.05) is 37.1 Å². The molecule has 0 radical (unpaired) electrons. The lowest BCUT2D eigenvalue weighted by molar-refractivity contribution is 0.242. The predicted molar refractivity (Wildman–Crippen MR) is 85.0 cm³/mol. The SMILES string of the molecule is CCC(CSC)N(C)CCn1cc(CNC2CC2)nn1. The van der Waals surface area contributed by atoms with Gasteiger partial charge in [0.25, 0.3) is 0 Å². The molecule has 0 amide bonds. The second-order valence-corrected chi connectivity index (χ2v) is 6.54. The molecule has 0 aliphatic heterocycles. The summed E-state index contributed by atoms with van der Waals surface area (Å²) < 4.78 is 1.96. The summed E-state index contributed by atoms with van der Waals surface area (Å²) >= 11 is 1.92. The van der Waals surface area contributed by atoms with Gasteiger partial charge in [0.2, 0.25) is 0 Å². The van der Waals surface area contributed by atoms with Crippen LogP contribution in [-0.2, 0) is 13.1 Å². The highest BCUT2D eigenvalue weighted by molar-refractivity contribution is 7.98. The number of nitrogens with zero attached hydrogens (tertiary/aromatic N) is 4. The summed E-state index contributed by atoms with van der Waals surface area (Å²) in [5, 5.41) is 11.9. The van der Waals surface area contributed by atoms with E-state index in [-0.39, 0.29) is 0 Å². The van der Waals surface area contributed by atoms with Gasteiger partial charge < -0.3 is 10.2 Å². The average Bonchev–Trinajstić information content (AvgIpc) is 3.18. The largest absolute Gasteiger partial charge is 0.308 e. The zero-order valence-corrected chi connectivity index (χ0v) is 13.7. The van der Waals surface area contributed by atoms with E-state index in [1.165, 1.54) is 25.0 Å². The van der Waals surface area contributed by atoms with Crippen LogP contribution in [0.3, 0.4) is 0 Å². The Hall–Kier alpha value is -0.590. The topological polar surface area (TPSA) is 46.0 Å². The Morgan fingerprint density at radius 2 is 2.35 bits per heavy atom. The Balaban J connectivity index is 1.72. The molecular weight excluding hydrogens is 270 g/mol. The van der Waals surface area contributed by atoms with E-state index < -0.39 is 0 Å². The van der Waals surface area contributed by atoms with E-state index in [2.05, 4.69) is 47.0 Å². The van der Waals surface area contributed by atoms with Crippen LogP contribution in [0.25, 0.3) is 0 Å². The third kappa shape index (κ3) is 5.07. The van der Waals surface area contributed by atoms with Crippen molar-refractivity contribution in [1.82, 2.24) is 25.2 Å². The third-order valence-electron chi connectivity index (χ3n) is 3.87. The third-order valence-corrected chi connectivity index (χ3v) is 4.59. The van der Waals surface area contributed by atoms with Gasteiger partial charge >= 0.3 is 0 Å². The van der Waals surface area contributed by atoms with E-state index in [9.17, 15) is 0 Å². The summed E-state index contributed by atoms with van der Waals surface area (Å²) in [4.78, 5) is 2.43. The Bertz CT molecular complexity index is 391. The Morgan fingerprint density at radius 1 is 1.55 bits per heavy atom. The average molecular weight is 297 g/mol. The van der Waals surface area contributed by atoms with Gasteiger partial charge in [-0.2, -0.15) is 11.8 Å². The van der Waals surface area contributed by atoms with Crippen LogP contribution in [0.2, 0.25) is 0 Å². The molecule has 1 fully saturated rings. The number of thioether (sulfide) groups is 1. The van der Waals surface area contributed by atoms with Crippen molar-refractivity contribution in [2.75, 3.05) is 25.6 Å². The maximum absolute atomic E-state index is 4.22. The number of nitrogens with one attached hydrogen (secondary N) is 1. The lowest BCUT2D eigenvalue weighted by Crippen LogP contribution is -2.35. The lowest BCUT2D eigenvalue weighted by Gasteiger charge is -2.26. The smallest absolute Gasteiger partial charge is 0.0964 e. The maximum atomic E-state index is 4.22. The zero-order chi connectivity index (χ0) is 14.4. The van der Waals surface area contributed by atoms with E-state index in [1.54, 1.807) is 0 Å². The fraction of sp³-hybridized carbons (Fsp3) is 0.857. The summed E-state index contributed by atoms with van der Waals surface area (Å²) in [7, 11) is 2.21. The summed E-state index contributed by atoms with van der Waals surface area (Å²) in [5.41, 5.74) is 1.05. The van der Waals surface area contributed by atoms with Gasteiger partial charge in [0.15, 0.2) is 0 Å². The van der Waals surface area contributed by atoms with Crippen LogP contribution < -0.4 is 5.32 Å². The fourth-order valence-electron chi connectivity index (χ4n) is 2.26. The van der Waals surface area contributed by atoms with Gasteiger partial charge in [0.05, 0.1) is 12.2 Å². The molecule has 1 aliphatic rings. The zero-order valence-electron chi connectivity index (χ0n) is 12.9. The molecule has 1 aromatic heterocycles. The molecule has 5 nitrogen and oxygen atoms in total. The molecule has 6 heteroatoms. The molecule has 0 aromatic carbocycles. The fourth-order valence-corrected chi connectivity index (χ4v) is 3.13. The molecule has 1 heterocycles. The van der Waals surface area contributed by atoms with Gasteiger partial charge in [-0.05, 0) is 32.6 Å². The Labute approximate surface area is 126 Å². The molecule has 0 bridgehead atoms. The van der Waals surface area contributed by atoms with Gasteiger partial charge in [0.1, 0.15) is 0 Å². The first kappa shape index (κ1) is 15.8. The lowest BCUT2D eigenvalue weighted by atomic mass is 10.2. The molecule has 1 saturated carbocycles. The van der Waals surface area contributed by atoms with Crippen molar-refractivity contribution >= 4 is 11.8 Å². The van der Waals surface area contributed by atoms with Crippen LogP contribution in [0, 0.1) is 0 Å². The molecule has 0 spiro atoms. The van der Waals surface area contributed by atoms with Crippen molar-refractivity contribution < 1.29 is 0 Å². The van der Waals surface area contributed by atoms with Gasteiger partial charge in [-0.25, -0.2) is 0 Å². The maximum Gasteiger partial charge on any atom is 0.0964 e. The van der Waals surface area contributed by atoms with Crippen LogP contribution in [0.4, 0.5) is 0 Å². The van der Waals surface area contributed by atoms with Crippen LogP contribution in [0.1, 0.15) is 31.9 Å². The quantitative estimate of drug-likeness (QED) is 0.711. The number of likely N-dealkylation sites (N-methyl/N-ethyl adjacent to an activating group) is 1. The van der Waals surface area contributed by atoms with Gasteiger partial charge in [-0.1, -0.05) is 12.1 Å². The Kier molecular flexibility index (Phi) is 6.32. The van der Waals surface area contributed by atoms with E-state index in [0.29, 0.717) is 6.04 Å². The highest BCUT2D eigenvalue weighted by atomic mass is 32.2. The van der Waals surface area contributed by atoms with Crippen molar-refractivity contribution in [3.05, 3.63) is 11.9 Å². The number of rotatable bonds is 10. The van der Waals surface area contributed by atoms with Gasteiger partial charge in [-0.15, -0.1) is 5.10 Å². The molecule has 2 rings (SSSR count). The van der Waals surface area contributed by atoms with Crippen molar-refractivity contribution in [2.45, 2.75) is 51.4 Å². The highest BCUT2D eigenvalue weighted by Crippen LogP contribution is 2.18. The normalized spacial score (nSPS) is 16.8. The molecule has 20 heavy (non-hydrogen) atoms. The molecule has 114 valence electrons. The van der Waals surface area contributed by atoms with E-state index >= 15 is 0 Å². The summed E-state index contributed by atoms with van der Waals surface area (Å²) in [6.07, 6.45) is 8.07. The van der Waals surface area contributed by atoms with Crippen LogP contribution in [-0.4, -0.2) is 57.6 Å². The predicted octanol–water partition coefficient (Wildman–Crippen LogP) is 1.60.